The second kappa shape index (κ2) is 6.59. The Morgan fingerprint density at radius 3 is 2.52 bits per heavy atom. The first-order valence-corrected chi connectivity index (χ1v) is 7.69. The molecule has 2 heteroatoms. The molecular formula is C19H22N2. The molecule has 21 heavy (non-hydrogen) atoms. The zero-order valence-corrected chi connectivity index (χ0v) is 12.3. The predicted molar refractivity (Wildman–Crippen MR) is 89.2 cm³/mol. The van der Waals surface area contributed by atoms with Crippen molar-refractivity contribution in [2.24, 2.45) is 5.73 Å². The van der Waals surface area contributed by atoms with Crippen LogP contribution in [0.5, 0.6) is 0 Å². The van der Waals surface area contributed by atoms with Gasteiger partial charge in [0.1, 0.15) is 0 Å². The topological polar surface area (TPSA) is 30.9 Å². The van der Waals surface area contributed by atoms with Gasteiger partial charge in [0.25, 0.3) is 0 Å². The normalized spacial score (nSPS) is 11.1. The number of aryl methyl sites for hydroxylation is 2. The minimum Gasteiger partial charge on any atom is -0.347 e. The third-order valence-electron chi connectivity index (χ3n) is 4.05. The summed E-state index contributed by atoms with van der Waals surface area (Å²) in [7, 11) is 0. The van der Waals surface area contributed by atoms with Crippen LogP contribution in [0.25, 0.3) is 10.9 Å². The molecule has 0 bridgehead atoms. The van der Waals surface area contributed by atoms with Crippen molar-refractivity contribution in [1.82, 2.24) is 4.57 Å². The molecule has 0 saturated heterocycles. The zero-order valence-electron chi connectivity index (χ0n) is 12.3. The third-order valence-corrected chi connectivity index (χ3v) is 4.05. The van der Waals surface area contributed by atoms with Gasteiger partial charge in [-0.25, -0.2) is 0 Å². The fraction of sp³-hybridized carbons (Fsp3) is 0.263. The Kier molecular flexibility index (Phi) is 4.37. The summed E-state index contributed by atoms with van der Waals surface area (Å²) in [6, 6.07) is 19.3. The molecule has 1 heterocycles. The molecule has 1 aromatic heterocycles. The van der Waals surface area contributed by atoms with E-state index in [1.807, 2.05) is 0 Å². The minimum atomic E-state index is 0.603. The Morgan fingerprint density at radius 2 is 1.71 bits per heavy atom. The van der Waals surface area contributed by atoms with Gasteiger partial charge in [-0.15, -0.1) is 0 Å². The summed E-state index contributed by atoms with van der Waals surface area (Å²) in [5.41, 5.74) is 9.83. The average molecular weight is 278 g/mol. The first-order valence-electron chi connectivity index (χ1n) is 7.69. The second-order valence-electron chi connectivity index (χ2n) is 5.51. The van der Waals surface area contributed by atoms with Gasteiger partial charge in [0.15, 0.2) is 0 Å². The van der Waals surface area contributed by atoms with Gasteiger partial charge in [-0.3, -0.25) is 0 Å². The summed E-state index contributed by atoms with van der Waals surface area (Å²) < 4.78 is 2.35. The fourth-order valence-electron chi connectivity index (χ4n) is 2.95. The van der Waals surface area contributed by atoms with Crippen molar-refractivity contribution >= 4 is 10.9 Å². The molecule has 108 valence electrons. The number of benzene rings is 2. The maximum atomic E-state index is 5.86. The molecule has 0 radical (unpaired) electrons. The number of fused-ring (bicyclic) bond motifs is 1. The Morgan fingerprint density at radius 1 is 0.857 bits per heavy atom. The van der Waals surface area contributed by atoms with Crippen LogP contribution in [0.1, 0.15) is 24.0 Å². The summed E-state index contributed by atoms with van der Waals surface area (Å²) in [6.07, 6.45) is 5.75. The van der Waals surface area contributed by atoms with Crippen LogP contribution >= 0.6 is 0 Å². The van der Waals surface area contributed by atoms with Gasteiger partial charge in [-0.1, -0.05) is 48.5 Å². The molecule has 0 aliphatic heterocycles. The largest absolute Gasteiger partial charge is 0.347 e. The van der Waals surface area contributed by atoms with Crippen molar-refractivity contribution in [2.45, 2.75) is 32.4 Å². The molecule has 0 unspecified atom stereocenters. The van der Waals surface area contributed by atoms with E-state index in [0.29, 0.717) is 6.54 Å². The number of nitrogens with zero attached hydrogens (tertiary/aromatic N) is 1. The molecule has 0 spiro atoms. The number of unbranched alkanes of at least 4 members (excludes halogenated alkanes) is 1. The SMILES string of the molecule is NCc1cccc2ccn(CCCCc3ccccc3)c12. The number of para-hydroxylation sites is 1. The molecular weight excluding hydrogens is 256 g/mol. The van der Waals surface area contributed by atoms with E-state index in [0.717, 1.165) is 13.0 Å². The molecule has 0 fully saturated rings. The third kappa shape index (κ3) is 3.17. The molecule has 0 saturated carbocycles. The van der Waals surface area contributed by atoms with Gasteiger partial charge in [-0.05, 0) is 41.8 Å². The van der Waals surface area contributed by atoms with Crippen LogP contribution in [-0.2, 0) is 19.5 Å². The summed E-state index contributed by atoms with van der Waals surface area (Å²) in [5.74, 6) is 0. The van der Waals surface area contributed by atoms with Crippen molar-refractivity contribution in [3.05, 3.63) is 71.9 Å². The minimum absolute atomic E-state index is 0.603. The molecule has 0 amide bonds. The molecule has 2 aromatic carbocycles. The van der Waals surface area contributed by atoms with Crippen LogP contribution in [-0.4, -0.2) is 4.57 Å². The van der Waals surface area contributed by atoms with Crippen molar-refractivity contribution in [1.29, 1.82) is 0 Å². The lowest BCUT2D eigenvalue weighted by molar-refractivity contribution is 0.623. The molecule has 2 nitrogen and oxygen atoms in total. The van der Waals surface area contributed by atoms with E-state index < -0.39 is 0 Å². The van der Waals surface area contributed by atoms with Crippen LogP contribution < -0.4 is 5.73 Å². The monoisotopic (exact) mass is 278 g/mol. The van der Waals surface area contributed by atoms with E-state index in [9.17, 15) is 0 Å². The van der Waals surface area contributed by atoms with E-state index in [-0.39, 0.29) is 0 Å². The highest BCUT2D eigenvalue weighted by Crippen LogP contribution is 2.20. The van der Waals surface area contributed by atoms with E-state index >= 15 is 0 Å². The maximum Gasteiger partial charge on any atom is 0.0525 e. The average Bonchev–Trinajstić information content (AvgIpc) is 2.96. The van der Waals surface area contributed by atoms with Crippen LogP contribution in [0.15, 0.2) is 60.8 Å². The highest BCUT2D eigenvalue weighted by molar-refractivity contribution is 5.83. The van der Waals surface area contributed by atoms with Crippen molar-refractivity contribution in [3.63, 3.8) is 0 Å². The predicted octanol–water partition coefficient (Wildman–Crippen LogP) is 4.12. The van der Waals surface area contributed by atoms with Gasteiger partial charge < -0.3 is 10.3 Å². The Bertz CT molecular complexity index is 698. The van der Waals surface area contributed by atoms with E-state index in [1.165, 1.54) is 34.9 Å². The Hall–Kier alpha value is -2.06. The second-order valence-corrected chi connectivity index (χ2v) is 5.51. The number of nitrogens with two attached hydrogens (primary N) is 1. The first-order chi connectivity index (χ1) is 10.4. The summed E-state index contributed by atoms with van der Waals surface area (Å²) in [6.45, 7) is 1.67. The lowest BCUT2D eigenvalue weighted by Gasteiger charge is -2.09. The highest BCUT2D eigenvalue weighted by Gasteiger charge is 2.05. The molecule has 0 atom stereocenters. The highest BCUT2D eigenvalue weighted by atomic mass is 15.0. The van der Waals surface area contributed by atoms with Crippen LogP contribution in [0, 0.1) is 0 Å². The van der Waals surface area contributed by atoms with Gasteiger partial charge in [0.2, 0.25) is 0 Å². The zero-order chi connectivity index (χ0) is 14.5. The number of hydrogen-bond acceptors (Lipinski definition) is 1. The maximum absolute atomic E-state index is 5.86. The van der Waals surface area contributed by atoms with Crippen molar-refractivity contribution in [2.75, 3.05) is 0 Å². The molecule has 2 N–H and O–H groups in total. The van der Waals surface area contributed by atoms with Crippen molar-refractivity contribution < 1.29 is 0 Å². The summed E-state index contributed by atoms with van der Waals surface area (Å²) in [5, 5.41) is 1.29. The molecule has 0 aliphatic rings. The van der Waals surface area contributed by atoms with E-state index in [1.54, 1.807) is 0 Å². The van der Waals surface area contributed by atoms with Crippen LogP contribution in [0.4, 0.5) is 0 Å². The molecule has 3 rings (SSSR count). The van der Waals surface area contributed by atoms with Crippen LogP contribution in [0.2, 0.25) is 0 Å². The van der Waals surface area contributed by atoms with Crippen molar-refractivity contribution in [3.8, 4) is 0 Å². The Balaban J connectivity index is 1.63. The fourth-order valence-corrected chi connectivity index (χ4v) is 2.95. The number of rotatable bonds is 6. The van der Waals surface area contributed by atoms with E-state index in [2.05, 4.69) is 65.4 Å². The van der Waals surface area contributed by atoms with Gasteiger partial charge in [0, 0.05) is 19.3 Å². The molecule has 3 aromatic rings. The standard InChI is InChI=1S/C19H22N2/c20-15-18-11-6-10-17-12-14-21(19(17)18)13-5-4-9-16-7-2-1-3-8-16/h1-3,6-8,10-12,14H,4-5,9,13,15,20H2. The van der Waals surface area contributed by atoms with Gasteiger partial charge in [0.05, 0.1) is 5.52 Å². The first kappa shape index (κ1) is 13.9. The molecule has 0 aliphatic carbocycles. The number of hydrogen-bond donors (Lipinski definition) is 1. The number of aromatic nitrogens is 1. The Labute approximate surface area is 126 Å². The van der Waals surface area contributed by atoms with Gasteiger partial charge >= 0.3 is 0 Å². The van der Waals surface area contributed by atoms with Crippen LogP contribution in [0.3, 0.4) is 0 Å². The lowest BCUT2D eigenvalue weighted by Crippen LogP contribution is -2.03. The summed E-state index contributed by atoms with van der Waals surface area (Å²) >= 11 is 0. The lowest BCUT2D eigenvalue weighted by atomic mass is 10.1. The van der Waals surface area contributed by atoms with E-state index in [4.69, 9.17) is 5.73 Å². The summed E-state index contributed by atoms with van der Waals surface area (Å²) in [4.78, 5) is 0. The smallest absolute Gasteiger partial charge is 0.0525 e. The van der Waals surface area contributed by atoms with Gasteiger partial charge in [-0.2, -0.15) is 0 Å². The quantitative estimate of drug-likeness (QED) is 0.675.